The second kappa shape index (κ2) is 11.8. The molecule has 0 aliphatic heterocycles. The highest BCUT2D eigenvalue weighted by Crippen LogP contribution is 2.27. The fourth-order valence-corrected chi connectivity index (χ4v) is 3.42. The molecule has 0 saturated heterocycles. The molecule has 0 aromatic rings. The van der Waals surface area contributed by atoms with Crippen molar-refractivity contribution in [2.75, 3.05) is 0 Å². The number of aliphatic hydroxyl groups is 1. The van der Waals surface area contributed by atoms with E-state index in [1.54, 1.807) is 0 Å². The predicted octanol–water partition coefficient (Wildman–Crippen LogP) is 5.85. The Labute approximate surface area is 121 Å². The van der Waals surface area contributed by atoms with Crippen molar-refractivity contribution >= 4 is 0 Å². The van der Waals surface area contributed by atoms with Crippen LogP contribution in [0.15, 0.2) is 0 Å². The van der Waals surface area contributed by atoms with Crippen LogP contribution in [0.1, 0.15) is 103 Å². The Hall–Kier alpha value is -0.0400. The van der Waals surface area contributed by atoms with Crippen molar-refractivity contribution < 1.29 is 5.11 Å². The Morgan fingerprint density at radius 3 is 1.95 bits per heavy atom. The summed E-state index contributed by atoms with van der Waals surface area (Å²) in [5.41, 5.74) is 0. The van der Waals surface area contributed by atoms with Crippen LogP contribution in [0.5, 0.6) is 0 Å². The van der Waals surface area contributed by atoms with Crippen molar-refractivity contribution in [3.63, 3.8) is 0 Å². The molecule has 0 radical (unpaired) electrons. The summed E-state index contributed by atoms with van der Waals surface area (Å²) in [6.45, 7) is 2.27. The predicted molar refractivity (Wildman–Crippen MR) is 84.4 cm³/mol. The fourth-order valence-electron chi connectivity index (χ4n) is 3.42. The first-order valence-electron chi connectivity index (χ1n) is 9.02. The molecule has 1 atom stereocenters. The van der Waals surface area contributed by atoms with Gasteiger partial charge in [0.1, 0.15) is 0 Å². The first kappa shape index (κ1) is 17.0. The van der Waals surface area contributed by atoms with Crippen molar-refractivity contribution in [1.29, 1.82) is 0 Å². The van der Waals surface area contributed by atoms with Crippen LogP contribution >= 0.6 is 0 Å². The number of rotatable bonds is 9. The maximum Gasteiger partial charge on any atom is 0.0568 e. The lowest BCUT2D eigenvalue weighted by atomic mass is 9.85. The van der Waals surface area contributed by atoms with Crippen molar-refractivity contribution in [1.82, 2.24) is 0 Å². The standard InChI is InChI=1S/C18H36O/c1-2-3-4-5-6-10-13-16-18(19)17-14-11-8-7-9-12-15-17/h17-19H,2-16H2,1H3. The second-order valence-corrected chi connectivity index (χ2v) is 6.58. The van der Waals surface area contributed by atoms with Crippen molar-refractivity contribution in [2.45, 2.75) is 109 Å². The van der Waals surface area contributed by atoms with Crippen LogP contribution in [-0.4, -0.2) is 11.2 Å². The molecule has 0 bridgehead atoms. The van der Waals surface area contributed by atoms with Gasteiger partial charge in [-0.3, -0.25) is 0 Å². The summed E-state index contributed by atoms with van der Waals surface area (Å²) in [5.74, 6) is 0.611. The van der Waals surface area contributed by atoms with E-state index in [0.717, 1.165) is 6.42 Å². The highest BCUT2D eigenvalue weighted by Gasteiger charge is 2.19. The maximum absolute atomic E-state index is 10.3. The van der Waals surface area contributed by atoms with Crippen molar-refractivity contribution in [3.8, 4) is 0 Å². The minimum Gasteiger partial charge on any atom is -0.393 e. The third kappa shape index (κ3) is 8.68. The summed E-state index contributed by atoms with van der Waals surface area (Å²) in [6.07, 6.45) is 20.0. The Kier molecular flexibility index (Phi) is 10.5. The zero-order valence-corrected chi connectivity index (χ0v) is 13.2. The topological polar surface area (TPSA) is 20.2 Å². The molecule has 1 fully saturated rings. The van der Waals surface area contributed by atoms with Gasteiger partial charge in [0.05, 0.1) is 6.10 Å². The lowest BCUT2D eigenvalue weighted by molar-refractivity contribution is 0.0806. The number of unbranched alkanes of at least 4 members (excludes halogenated alkanes) is 6. The molecular formula is C18H36O. The third-order valence-electron chi connectivity index (χ3n) is 4.80. The smallest absolute Gasteiger partial charge is 0.0568 e. The maximum atomic E-state index is 10.3. The van der Waals surface area contributed by atoms with E-state index in [-0.39, 0.29) is 6.10 Å². The quantitative estimate of drug-likeness (QED) is 0.520. The van der Waals surface area contributed by atoms with E-state index in [2.05, 4.69) is 6.92 Å². The summed E-state index contributed by atoms with van der Waals surface area (Å²) in [5, 5.41) is 10.3. The van der Waals surface area contributed by atoms with E-state index in [0.29, 0.717) is 5.92 Å². The molecule has 0 amide bonds. The first-order chi connectivity index (χ1) is 9.34. The Balaban J connectivity index is 2.00. The van der Waals surface area contributed by atoms with Gasteiger partial charge in [0, 0.05) is 0 Å². The van der Waals surface area contributed by atoms with Crippen LogP contribution in [-0.2, 0) is 0 Å². The van der Waals surface area contributed by atoms with Gasteiger partial charge in [-0.25, -0.2) is 0 Å². The van der Waals surface area contributed by atoms with Gasteiger partial charge in [-0.15, -0.1) is 0 Å². The molecule has 1 aliphatic rings. The lowest BCUT2D eigenvalue weighted by Gasteiger charge is -2.24. The molecule has 1 rings (SSSR count). The Bertz CT molecular complexity index is 182. The molecule has 1 unspecified atom stereocenters. The second-order valence-electron chi connectivity index (χ2n) is 6.58. The van der Waals surface area contributed by atoms with Gasteiger partial charge in [-0.05, 0) is 25.2 Å². The molecule has 19 heavy (non-hydrogen) atoms. The molecule has 1 aliphatic carbocycles. The minimum absolute atomic E-state index is 0.00579. The van der Waals surface area contributed by atoms with Gasteiger partial charge in [0.2, 0.25) is 0 Å². The lowest BCUT2D eigenvalue weighted by Crippen LogP contribution is -2.21. The number of aliphatic hydroxyl groups excluding tert-OH is 1. The van der Waals surface area contributed by atoms with E-state index >= 15 is 0 Å². The Morgan fingerprint density at radius 2 is 1.32 bits per heavy atom. The Morgan fingerprint density at radius 1 is 0.789 bits per heavy atom. The van der Waals surface area contributed by atoms with Crippen LogP contribution in [0.3, 0.4) is 0 Å². The van der Waals surface area contributed by atoms with Crippen molar-refractivity contribution in [3.05, 3.63) is 0 Å². The molecule has 1 nitrogen and oxygen atoms in total. The summed E-state index contributed by atoms with van der Waals surface area (Å²) in [4.78, 5) is 0. The molecule has 114 valence electrons. The molecule has 1 heteroatoms. The average molecular weight is 268 g/mol. The largest absolute Gasteiger partial charge is 0.393 e. The van der Waals surface area contributed by atoms with E-state index in [1.165, 1.54) is 89.9 Å². The summed E-state index contributed by atoms with van der Waals surface area (Å²) in [6, 6.07) is 0. The monoisotopic (exact) mass is 268 g/mol. The van der Waals surface area contributed by atoms with Gasteiger partial charge in [0.25, 0.3) is 0 Å². The number of hydrogen-bond donors (Lipinski definition) is 1. The third-order valence-corrected chi connectivity index (χ3v) is 4.80. The molecule has 1 N–H and O–H groups in total. The first-order valence-corrected chi connectivity index (χ1v) is 9.02. The van der Waals surface area contributed by atoms with E-state index in [1.807, 2.05) is 0 Å². The zero-order valence-electron chi connectivity index (χ0n) is 13.2. The van der Waals surface area contributed by atoms with Gasteiger partial charge >= 0.3 is 0 Å². The van der Waals surface area contributed by atoms with Crippen molar-refractivity contribution in [2.24, 2.45) is 5.92 Å². The van der Waals surface area contributed by atoms with E-state index < -0.39 is 0 Å². The van der Waals surface area contributed by atoms with Crippen LogP contribution in [0, 0.1) is 5.92 Å². The molecule has 1 saturated carbocycles. The highest BCUT2D eigenvalue weighted by molar-refractivity contribution is 4.71. The SMILES string of the molecule is CCCCCCCCCC(O)C1CCCCCCC1. The van der Waals surface area contributed by atoms with Gasteiger partial charge < -0.3 is 5.11 Å². The summed E-state index contributed by atoms with van der Waals surface area (Å²) in [7, 11) is 0. The fraction of sp³-hybridized carbons (Fsp3) is 1.00. The number of hydrogen-bond acceptors (Lipinski definition) is 1. The zero-order chi connectivity index (χ0) is 13.8. The summed E-state index contributed by atoms with van der Waals surface area (Å²) < 4.78 is 0. The molecule has 0 aromatic heterocycles. The van der Waals surface area contributed by atoms with Crippen LogP contribution in [0.4, 0.5) is 0 Å². The highest BCUT2D eigenvalue weighted by atomic mass is 16.3. The van der Waals surface area contributed by atoms with Gasteiger partial charge in [-0.1, -0.05) is 84.0 Å². The molecule has 0 aromatic carbocycles. The summed E-state index contributed by atoms with van der Waals surface area (Å²) >= 11 is 0. The van der Waals surface area contributed by atoms with E-state index in [9.17, 15) is 5.11 Å². The average Bonchev–Trinajstić information content (AvgIpc) is 2.37. The van der Waals surface area contributed by atoms with Crippen LogP contribution in [0.25, 0.3) is 0 Å². The van der Waals surface area contributed by atoms with Crippen LogP contribution < -0.4 is 0 Å². The minimum atomic E-state index is -0.00579. The molecular weight excluding hydrogens is 232 g/mol. The normalized spacial score (nSPS) is 19.9. The molecule has 0 spiro atoms. The van der Waals surface area contributed by atoms with Gasteiger partial charge in [-0.2, -0.15) is 0 Å². The van der Waals surface area contributed by atoms with Crippen LogP contribution in [0.2, 0.25) is 0 Å². The van der Waals surface area contributed by atoms with Gasteiger partial charge in [0.15, 0.2) is 0 Å². The van der Waals surface area contributed by atoms with E-state index in [4.69, 9.17) is 0 Å². The molecule has 0 heterocycles.